The van der Waals surface area contributed by atoms with E-state index in [9.17, 15) is 0 Å². The zero-order chi connectivity index (χ0) is 25.2. The summed E-state index contributed by atoms with van der Waals surface area (Å²) >= 11 is 1.67. The fourth-order valence-corrected chi connectivity index (χ4v) is 5.26. The van der Waals surface area contributed by atoms with Gasteiger partial charge in [0.1, 0.15) is 28.0 Å². The highest BCUT2D eigenvalue weighted by atomic mass is 32.1. The summed E-state index contributed by atoms with van der Waals surface area (Å²) in [6.07, 6.45) is 7.75. The number of aryl methyl sites for hydroxylation is 1. The zero-order valence-electron chi connectivity index (χ0n) is 20.8. The Balaban J connectivity index is 1.31. The summed E-state index contributed by atoms with van der Waals surface area (Å²) in [5.74, 6) is 3.10. The summed E-state index contributed by atoms with van der Waals surface area (Å²) in [7, 11) is 1.84. The highest BCUT2D eigenvalue weighted by Gasteiger charge is 2.20. The van der Waals surface area contributed by atoms with Gasteiger partial charge in [0.15, 0.2) is 5.82 Å². The molecule has 0 aliphatic carbocycles. The van der Waals surface area contributed by atoms with E-state index in [0.29, 0.717) is 42.1 Å². The van der Waals surface area contributed by atoms with Crippen LogP contribution < -0.4 is 14.8 Å². The van der Waals surface area contributed by atoms with Gasteiger partial charge in [-0.05, 0) is 13.0 Å². The van der Waals surface area contributed by atoms with Crippen molar-refractivity contribution in [2.75, 3.05) is 38.2 Å². The van der Waals surface area contributed by atoms with E-state index < -0.39 is 0 Å². The van der Waals surface area contributed by atoms with Crippen LogP contribution in [0.15, 0.2) is 36.9 Å². The zero-order valence-corrected chi connectivity index (χ0v) is 21.6. The van der Waals surface area contributed by atoms with Gasteiger partial charge in [-0.15, -0.1) is 11.3 Å². The minimum atomic E-state index is -0.101. The SMILES string of the molecule is C[C@H]1CCOc2c(cnn2C)-c2nccc(n2)Nc2cc(c(-c3ncc(CN4CCOCC4)s3)cn2)O1. The number of hydrogen-bond donors (Lipinski definition) is 1. The predicted molar refractivity (Wildman–Crippen MR) is 139 cm³/mol. The molecule has 192 valence electrons. The molecule has 2 aliphatic rings. The average Bonchev–Trinajstić information content (AvgIpc) is 3.51. The molecule has 4 aromatic rings. The van der Waals surface area contributed by atoms with E-state index in [1.165, 1.54) is 4.88 Å². The van der Waals surface area contributed by atoms with Crippen molar-refractivity contribution in [3.05, 3.63) is 41.8 Å². The van der Waals surface area contributed by atoms with Crippen molar-refractivity contribution in [1.82, 2.24) is 34.6 Å². The minimum absolute atomic E-state index is 0.101. The van der Waals surface area contributed by atoms with Crippen LogP contribution in [-0.2, 0) is 18.3 Å². The van der Waals surface area contributed by atoms with Crippen molar-refractivity contribution in [2.24, 2.45) is 7.05 Å². The maximum atomic E-state index is 6.42. The molecule has 1 atom stereocenters. The average molecular weight is 521 g/mol. The van der Waals surface area contributed by atoms with E-state index >= 15 is 0 Å². The van der Waals surface area contributed by atoms with Crippen LogP contribution in [0.4, 0.5) is 11.6 Å². The van der Waals surface area contributed by atoms with Gasteiger partial charge in [-0.2, -0.15) is 5.10 Å². The number of aromatic nitrogens is 6. The van der Waals surface area contributed by atoms with Crippen LogP contribution in [0.1, 0.15) is 18.2 Å². The second-order valence-electron chi connectivity index (χ2n) is 9.03. The lowest BCUT2D eigenvalue weighted by Crippen LogP contribution is -2.35. The number of nitrogens with zero attached hydrogens (tertiary/aromatic N) is 7. The standard InChI is InChI=1S/C25H28N8O3S/c1-16-4-8-35-25-19(14-29-32(25)2)23-26-5-3-21(31-23)30-22-11-20(36-16)18(13-27-22)24-28-12-17(37-24)15-33-6-9-34-10-7-33/h3,5,11-14,16H,4,6-10,15H2,1-2H3,(H,26,27,30,31)/t16-/m0/s1. The van der Waals surface area contributed by atoms with E-state index in [4.69, 9.17) is 19.2 Å². The van der Waals surface area contributed by atoms with Gasteiger partial charge in [0, 0.05) is 62.6 Å². The summed E-state index contributed by atoms with van der Waals surface area (Å²) in [5, 5.41) is 8.50. The quantitative estimate of drug-likeness (QED) is 0.431. The third-order valence-corrected chi connectivity index (χ3v) is 7.28. The molecule has 1 saturated heterocycles. The number of morpholine rings is 1. The Morgan fingerprint density at radius 3 is 2.84 bits per heavy atom. The number of nitrogens with one attached hydrogen (secondary N) is 1. The first-order valence-corrected chi connectivity index (χ1v) is 13.1. The largest absolute Gasteiger partial charge is 0.490 e. The highest BCUT2D eigenvalue weighted by Crippen LogP contribution is 2.36. The van der Waals surface area contributed by atoms with Crippen molar-refractivity contribution < 1.29 is 14.2 Å². The third kappa shape index (κ3) is 5.26. The second-order valence-corrected chi connectivity index (χ2v) is 10.1. The van der Waals surface area contributed by atoms with Crippen LogP contribution in [0.2, 0.25) is 0 Å². The number of rotatable bonds is 3. The molecule has 0 unspecified atom stereocenters. The molecule has 0 spiro atoms. The van der Waals surface area contributed by atoms with Gasteiger partial charge in [0.2, 0.25) is 5.88 Å². The topological polar surface area (TPSA) is 112 Å². The van der Waals surface area contributed by atoms with E-state index in [1.807, 2.05) is 32.4 Å². The van der Waals surface area contributed by atoms with Gasteiger partial charge >= 0.3 is 0 Å². The normalized spacial score (nSPS) is 18.2. The van der Waals surface area contributed by atoms with Crippen molar-refractivity contribution in [3.63, 3.8) is 0 Å². The van der Waals surface area contributed by atoms with Crippen LogP contribution in [0.5, 0.6) is 11.6 Å². The first-order valence-electron chi connectivity index (χ1n) is 12.3. The van der Waals surface area contributed by atoms with Crippen LogP contribution >= 0.6 is 11.3 Å². The Hall–Kier alpha value is -3.61. The number of anilines is 2. The monoisotopic (exact) mass is 520 g/mol. The van der Waals surface area contributed by atoms with Crippen LogP contribution in [0, 0.1) is 0 Å². The molecule has 2 aliphatic heterocycles. The van der Waals surface area contributed by atoms with E-state index in [0.717, 1.165) is 49.0 Å². The van der Waals surface area contributed by atoms with Crippen molar-refractivity contribution in [1.29, 1.82) is 0 Å². The Morgan fingerprint density at radius 2 is 1.95 bits per heavy atom. The fourth-order valence-electron chi connectivity index (χ4n) is 4.29. The molecule has 6 rings (SSSR count). The molecule has 1 fully saturated rings. The third-order valence-electron chi connectivity index (χ3n) is 6.26. The number of fused-ring (bicyclic) bond motifs is 6. The molecule has 4 bridgehead atoms. The van der Waals surface area contributed by atoms with E-state index in [-0.39, 0.29) is 6.10 Å². The lowest BCUT2D eigenvalue weighted by molar-refractivity contribution is 0.0346. The summed E-state index contributed by atoms with van der Waals surface area (Å²) in [6, 6.07) is 3.70. The minimum Gasteiger partial charge on any atom is -0.490 e. The van der Waals surface area contributed by atoms with Gasteiger partial charge in [0.25, 0.3) is 0 Å². The Labute approximate surface area is 218 Å². The summed E-state index contributed by atoms with van der Waals surface area (Å²) in [5.41, 5.74) is 1.60. The summed E-state index contributed by atoms with van der Waals surface area (Å²) in [6.45, 7) is 6.79. The fraction of sp³-hybridized carbons (Fsp3) is 0.400. The lowest BCUT2D eigenvalue weighted by Gasteiger charge is -2.25. The smallest absolute Gasteiger partial charge is 0.222 e. The Bertz CT molecular complexity index is 1380. The van der Waals surface area contributed by atoms with Crippen LogP contribution in [-0.4, -0.2) is 73.6 Å². The summed E-state index contributed by atoms with van der Waals surface area (Å²) < 4.78 is 19.7. The molecule has 0 amide bonds. The van der Waals surface area contributed by atoms with Gasteiger partial charge in [-0.1, -0.05) is 0 Å². The van der Waals surface area contributed by atoms with Crippen LogP contribution in [0.3, 0.4) is 0 Å². The van der Waals surface area contributed by atoms with Crippen molar-refractivity contribution in [2.45, 2.75) is 26.0 Å². The molecule has 37 heavy (non-hydrogen) atoms. The molecule has 0 saturated carbocycles. The van der Waals surface area contributed by atoms with E-state index in [2.05, 4.69) is 30.3 Å². The van der Waals surface area contributed by atoms with Gasteiger partial charge in [-0.25, -0.2) is 24.6 Å². The first-order chi connectivity index (χ1) is 18.1. The molecule has 0 aromatic carbocycles. The molecular formula is C25H28N8O3S. The molecule has 1 N–H and O–H groups in total. The Kier molecular flexibility index (Phi) is 6.68. The first kappa shape index (κ1) is 23.8. The maximum absolute atomic E-state index is 6.42. The molecular weight excluding hydrogens is 492 g/mol. The van der Waals surface area contributed by atoms with E-state index in [1.54, 1.807) is 34.5 Å². The number of thiazole rings is 1. The molecule has 6 heterocycles. The molecule has 11 nitrogen and oxygen atoms in total. The molecule has 4 aromatic heterocycles. The predicted octanol–water partition coefficient (Wildman–Crippen LogP) is 3.52. The van der Waals surface area contributed by atoms with Crippen LogP contribution in [0.25, 0.3) is 22.0 Å². The number of pyridine rings is 1. The number of hydrogen-bond acceptors (Lipinski definition) is 11. The van der Waals surface area contributed by atoms with Gasteiger partial charge < -0.3 is 19.5 Å². The summed E-state index contributed by atoms with van der Waals surface area (Å²) in [4.78, 5) is 22.0. The molecule has 0 radical (unpaired) electrons. The van der Waals surface area contributed by atoms with Gasteiger partial charge in [-0.3, -0.25) is 4.90 Å². The van der Waals surface area contributed by atoms with Crippen molar-refractivity contribution in [3.8, 4) is 33.6 Å². The van der Waals surface area contributed by atoms with Crippen molar-refractivity contribution >= 4 is 23.0 Å². The maximum Gasteiger partial charge on any atom is 0.222 e. The lowest BCUT2D eigenvalue weighted by atomic mass is 10.2. The Morgan fingerprint density at radius 1 is 1.05 bits per heavy atom. The highest BCUT2D eigenvalue weighted by molar-refractivity contribution is 7.15. The van der Waals surface area contributed by atoms with Gasteiger partial charge in [0.05, 0.1) is 37.7 Å². The number of ether oxygens (including phenoxy) is 3. The second kappa shape index (κ2) is 10.4. The molecule has 12 heteroatoms.